The van der Waals surface area contributed by atoms with E-state index >= 15 is 0 Å². The van der Waals surface area contributed by atoms with Gasteiger partial charge in [0.05, 0.1) is 23.6 Å². The molecule has 1 N–H and O–H groups in total. The van der Waals surface area contributed by atoms with Crippen molar-refractivity contribution in [2.75, 3.05) is 6.61 Å². The molecule has 2 aromatic heterocycles. The number of benzene rings is 3. The van der Waals surface area contributed by atoms with Gasteiger partial charge in [-0.05, 0) is 79.6 Å². The molecule has 5 aromatic rings. The second-order valence-corrected chi connectivity index (χ2v) is 12.9. The summed E-state index contributed by atoms with van der Waals surface area (Å²) in [5.41, 5.74) is 4.62. The Hall–Kier alpha value is -5.29. The number of pyridine rings is 1. The number of nitrogens with one attached hydrogen (secondary N) is 1. The number of carbonyl (C=O) groups is 3. The summed E-state index contributed by atoms with van der Waals surface area (Å²) < 4.78 is 9.49. The van der Waals surface area contributed by atoms with Gasteiger partial charge in [0.2, 0.25) is 0 Å². The Kier molecular flexibility index (Phi) is 9.91. The van der Waals surface area contributed by atoms with Gasteiger partial charge in [0.15, 0.2) is 5.78 Å². The molecule has 1 atom stereocenters. The minimum Gasteiger partial charge on any atom is -0.486 e. The first-order valence-corrected chi connectivity index (χ1v) is 16.9. The highest BCUT2D eigenvalue weighted by molar-refractivity contribution is 9.10. The van der Waals surface area contributed by atoms with Crippen molar-refractivity contribution >= 4 is 33.5 Å². The van der Waals surface area contributed by atoms with Gasteiger partial charge in [0.25, 0.3) is 11.8 Å². The Bertz CT molecular complexity index is 2090. The van der Waals surface area contributed by atoms with Gasteiger partial charge >= 0.3 is 5.69 Å². The Balaban J connectivity index is 1.38. The molecular weight excluding hydrogens is 686 g/mol. The summed E-state index contributed by atoms with van der Waals surface area (Å²) in [6.45, 7) is 5.99. The van der Waals surface area contributed by atoms with E-state index in [4.69, 9.17) is 4.74 Å². The van der Waals surface area contributed by atoms with E-state index in [0.717, 1.165) is 26.9 Å². The normalized spacial score (nSPS) is 13.9. The predicted octanol–water partition coefficient (Wildman–Crippen LogP) is 6.10. The number of rotatable bonds is 10. The van der Waals surface area contributed by atoms with Gasteiger partial charge < -0.3 is 15.0 Å². The van der Waals surface area contributed by atoms with Crippen LogP contribution in [0.15, 0.2) is 100 Å². The molecule has 49 heavy (non-hydrogen) atoms. The van der Waals surface area contributed by atoms with Gasteiger partial charge in [0.1, 0.15) is 18.1 Å². The zero-order chi connectivity index (χ0) is 34.7. The van der Waals surface area contributed by atoms with E-state index in [0.29, 0.717) is 29.1 Å². The summed E-state index contributed by atoms with van der Waals surface area (Å²) in [6.07, 6.45) is 2.09. The molecule has 2 amide bonds. The third kappa shape index (κ3) is 6.98. The molecule has 10 nitrogen and oxygen atoms in total. The Labute approximate surface area is 292 Å². The SMILES string of the molecule is CCC(=O)COc1ccc(-n2c(C(=O)NCc3ccccc3-c3ccccn3)c3n(c2=O)CC(C)N(C(=O)c2ccc(Br)c(C)c2)C3)cc1. The van der Waals surface area contributed by atoms with E-state index in [1.54, 1.807) is 52.9 Å². The molecule has 0 radical (unpaired) electrons. The van der Waals surface area contributed by atoms with Crippen LogP contribution in [-0.2, 0) is 24.4 Å². The molecule has 0 spiro atoms. The average Bonchev–Trinajstić information content (AvgIpc) is 3.41. The van der Waals surface area contributed by atoms with Gasteiger partial charge in [-0.25, -0.2) is 4.79 Å². The first-order valence-electron chi connectivity index (χ1n) is 16.1. The minimum absolute atomic E-state index is 0.0319. The lowest BCUT2D eigenvalue weighted by Gasteiger charge is -2.34. The summed E-state index contributed by atoms with van der Waals surface area (Å²) in [7, 11) is 0. The van der Waals surface area contributed by atoms with Crippen molar-refractivity contribution in [3.05, 3.63) is 134 Å². The van der Waals surface area contributed by atoms with Crippen LogP contribution in [0.25, 0.3) is 16.9 Å². The van der Waals surface area contributed by atoms with E-state index in [-0.39, 0.29) is 55.4 Å². The van der Waals surface area contributed by atoms with Crippen LogP contribution in [0, 0.1) is 6.92 Å². The van der Waals surface area contributed by atoms with E-state index in [9.17, 15) is 19.2 Å². The van der Waals surface area contributed by atoms with Crippen LogP contribution in [0.2, 0.25) is 0 Å². The quantitative estimate of drug-likeness (QED) is 0.186. The van der Waals surface area contributed by atoms with Crippen LogP contribution in [0.5, 0.6) is 5.75 Å². The third-order valence-corrected chi connectivity index (χ3v) is 9.60. The second-order valence-electron chi connectivity index (χ2n) is 12.0. The van der Waals surface area contributed by atoms with Crippen LogP contribution in [0.1, 0.15) is 57.9 Å². The highest BCUT2D eigenvalue weighted by Gasteiger charge is 2.35. The van der Waals surface area contributed by atoms with Crippen molar-refractivity contribution in [2.45, 2.75) is 52.9 Å². The monoisotopic (exact) mass is 721 g/mol. The van der Waals surface area contributed by atoms with Crippen LogP contribution < -0.4 is 15.7 Å². The van der Waals surface area contributed by atoms with Crippen molar-refractivity contribution in [1.29, 1.82) is 0 Å². The molecule has 0 aliphatic carbocycles. The lowest BCUT2D eigenvalue weighted by atomic mass is 10.0. The maximum absolute atomic E-state index is 14.3. The molecule has 0 saturated heterocycles. The lowest BCUT2D eigenvalue weighted by molar-refractivity contribution is -0.120. The maximum atomic E-state index is 14.3. The summed E-state index contributed by atoms with van der Waals surface area (Å²) in [6, 6.07) is 25.2. The number of fused-ring (bicyclic) bond motifs is 1. The Morgan fingerprint density at radius 2 is 1.76 bits per heavy atom. The molecule has 0 saturated carbocycles. The van der Waals surface area contributed by atoms with Gasteiger partial charge in [-0.15, -0.1) is 0 Å². The van der Waals surface area contributed by atoms with Crippen molar-refractivity contribution in [3.8, 4) is 22.7 Å². The molecule has 250 valence electrons. The molecule has 0 bridgehead atoms. The van der Waals surface area contributed by atoms with E-state index in [2.05, 4.69) is 26.2 Å². The number of amides is 2. The smallest absolute Gasteiger partial charge is 0.333 e. The molecule has 1 aliphatic heterocycles. The van der Waals surface area contributed by atoms with Crippen LogP contribution >= 0.6 is 15.9 Å². The molecule has 1 unspecified atom stereocenters. The Morgan fingerprint density at radius 3 is 2.47 bits per heavy atom. The fourth-order valence-corrected chi connectivity index (χ4v) is 6.21. The molecule has 6 rings (SSSR count). The number of halogens is 1. The number of ketones is 1. The largest absolute Gasteiger partial charge is 0.486 e. The highest BCUT2D eigenvalue weighted by atomic mass is 79.9. The number of hydrogen-bond acceptors (Lipinski definition) is 6. The molecule has 1 aliphatic rings. The van der Waals surface area contributed by atoms with Crippen molar-refractivity contribution in [1.82, 2.24) is 24.3 Å². The van der Waals surface area contributed by atoms with Crippen LogP contribution in [0.3, 0.4) is 0 Å². The number of Topliss-reactive ketones (excluding diaryl/α,β-unsaturated/α-hetero) is 1. The van der Waals surface area contributed by atoms with Crippen molar-refractivity contribution in [3.63, 3.8) is 0 Å². The topological polar surface area (TPSA) is 116 Å². The first kappa shape index (κ1) is 33.6. The number of ether oxygens (including phenoxy) is 1. The fourth-order valence-electron chi connectivity index (χ4n) is 5.97. The number of aromatic nitrogens is 3. The summed E-state index contributed by atoms with van der Waals surface area (Å²) in [5.74, 6) is -0.212. The molecule has 11 heteroatoms. The number of imidazole rings is 1. The van der Waals surface area contributed by atoms with Crippen molar-refractivity contribution < 1.29 is 19.1 Å². The van der Waals surface area contributed by atoms with Crippen molar-refractivity contribution in [2.24, 2.45) is 0 Å². The fraction of sp³-hybridized carbons (Fsp3) is 0.237. The van der Waals surface area contributed by atoms with E-state index in [1.807, 2.05) is 68.4 Å². The average molecular weight is 723 g/mol. The zero-order valence-electron chi connectivity index (χ0n) is 27.5. The summed E-state index contributed by atoms with van der Waals surface area (Å²) >= 11 is 3.50. The number of aryl methyl sites for hydroxylation is 1. The van der Waals surface area contributed by atoms with Gasteiger partial charge in [-0.1, -0.05) is 53.2 Å². The summed E-state index contributed by atoms with van der Waals surface area (Å²) in [5, 5.41) is 3.04. The maximum Gasteiger partial charge on any atom is 0.333 e. The highest BCUT2D eigenvalue weighted by Crippen LogP contribution is 2.27. The minimum atomic E-state index is -0.461. The molecule has 0 fully saturated rings. The third-order valence-electron chi connectivity index (χ3n) is 8.71. The van der Waals surface area contributed by atoms with Gasteiger partial charge in [-0.2, -0.15) is 0 Å². The van der Waals surface area contributed by atoms with Gasteiger partial charge in [0, 0.05) is 47.3 Å². The number of carbonyl (C=O) groups excluding carboxylic acids is 3. The lowest BCUT2D eigenvalue weighted by Crippen LogP contribution is -2.47. The zero-order valence-corrected chi connectivity index (χ0v) is 29.1. The first-order chi connectivity index (χ1) is 23.7. The van der Waals surface area contributed by atoms with Crippen LogP contribution in [-0.4, -0.2) is 49.3 Å². The van der Waals surface area contributed by atoms with Gasteiger partial charge in [-0.3, -0.25) is 28.5 Å². The predicted molar refractivity (Wildman–Crippen MR) is 190 cm³/mol. The number of nitrogens with zero attached hydrogens (tertiary/aromatic N) is 4. The van der Waals surface area contributed by atoms with Crippen LogP contribution in [0.4, 0.5) is 0 Å². The van der Waals surface area contributed by atoms with E-state index in [1.165, 1.54) is 4.57 Å². The molecular formula is C38H36BrN5O5. The summed E-state index contributed by atoms with van der Waals surface area (Å²) in [4.78, 5) is 60.2. The molecule has 3 aromatic carbocycles. The standard InChI is InChI=1S/C38H36BrN5O5/c1-4-29(45)23-49-30-15-13-28(14-16-30)44-35(36(46)41-20-27-9-5-6-10-31(27)33-11-7-8-18-40-33)34-22-42(25(3)21-43(34)38(44)48)37(47)26-12-17-32(39)24(2)19-26/h5-19,25H,4,20-23H2,1-3H3,(H,41,46). The molecule has 3 heterocycles. The second kappa shape index (κ2) is 14.4. The number of hydrogen-bond donors (Lipinski definition) is 1. The Morgan fingerprint density at radius 1 is 1.00 bits per heavy atom. The van der Waals surface area contributed by atoms with E-state index < -0.39 is 5.91 Å².